The van der Waals surface area contributed by atoms with Gasteiger partial charge in [0.05, 0.1) is 15.3 Å². The zero-order valence-corrected chi connectivity index (χ0v) is 16.8. The molecule has 1 saturated heterocycles. The normalized spacial score (nSPS) is 15.6. The number of nitro groups is 1. The van der Waals surface area contributed by atoms with Gasteiger partial charge in [-0.05, 0) is 30.3 Å². The van der Waals surface area contributed by atoms with E-state index < -0.39 is 20.6 Å². The zero-order chi connectivity index (χ0) is 20.6. The number of aromatic nitrogens is 1. The second-order valence-corrected chi connectivity index (χ2v) is 8.97. The number of para-hydroxylation sites is 1. The summed E-state index contributed by atoms with van der Waals surface area (Å²) in [4.78, 5) is 16.9. The van der Waals surface area contributed by atoms with Crippen molar-refractivity contribution in [1.29, 1.82) is 0 Å². The maximum atomic E-state index is 12.9. The highest BCUT2D eigenvalue weighted by molar-refractivity contribution is 7.89. The zero-order valence-electron chi connectivity index (χ0n) is 15.2. The molecule has 0 saturated carbocycles. The number of sulfonamides is 1. The molecule has 1 aliphatic heterocycles. The quantitative estimate of drug-likeness (QED) is 0.463. The van der Waals surface area contributed by atoms with Gasteiger partial charge in [0.25, 0.3) is 5.69 Å². The van der Waals surface area contributed by atoms with Gasteiger partial charge in [-0.2, -0.15) is 4.31 Å². The highest BCUT2D eigenvalue weighted by Crippen LogP contribution is 2.29. The minimum Gasteiger partial charge on any atom is -0.354 e. The molecule has 10 heteroatoms. The second kappa shape index (κ2) is 7.58. The molecule has 29 heavy (non-hydrogen) atoms. The van der Waals surface area contributed by atoms with Crippen molar-refractivity contribution in [3.8, 4) is 0 Å². The van der Waals surface area contributed by atoms with Crippen molar-refractivity contribution in [2.75, 3.05) is 31.1 Å². The lowest BCUT2D eigenvalue weighted by atomic mass is 10.2. The number of piperazine rings is 1. The van der Waals surface area contributed by atoms with E-state index in [1.807, 2.05) is 41.3 Å². The Bertz CT molecular complexity index is 1190. The fourth-order valence-corrected chi connectivity index (χ4v) is 4.96. The number of rotatable bonds is 4. The highest BCUT2D eigenvalue weighted by Gasteiger charge is 2.30. The second-order valence-electron chi connectivity index (χ2n) is 6.62. The summed E-state index contributed by atoms with van der Waals surface area (Å²) in [6, 6.07) is 15.3. The van der Waals surface area contributed by atoms with Crippen molar-refractivity contribution in [2.24, 2.45) is 0 Å². The molecular formula is C19H17ClN4O4S. The molecule has 8 nitrogen and oxygen atoms in total. The van der Waals surface area contributed by atoms with E-state index in [0.717, 1.165) is 22.8 Å². The number of benzene rings is 2. The van der Waals surface area contributed by atoms with Gasteiger partial charge in [0, 0.05) is 37.6 Å². The Morgan fingerprint density at radius 1 is 1.00 bits per heavy atom. The largest absolute Gasteiger partial charge is 0.354 e. The number of nitro benzene ring substituents is 1. The first kappa shape index (κ1) is 19.6. The summed E-state index contributed by atoms with van der Waals surface area (Å²) in [5, 5.41) is 12.0. The third-order valence-corrected chi connectivity index (χ3v) is 7.11. The van der Waals surface area contributed by atoms with Gasteiger partial charge < -0.3 is 4.90 Å². The van der Waals surface area contributed by atoms with Crippen molar-refractivity contribution < 1.29 is 13.3 Å². The summed E-state index contributed by atoms with van der Waals surface area (Å²) in [5.41, 5.74) is 0.459. The van der Waals surface area contributed by atoms with E-state index in [0.29, 0.717) is 13.1 Å². The van der Waals surface area contributed by atoms with E-state index in [-0.39, 0.29) is 23.0 Å². The average molecular weight is 433 g/mol. The molecule has 0 amide bonds. The molecule has 0 bridgehead atoms. The third-order valence-electron chi connectivity index (χ3n) is 4.90. The number of halogens is 1. The SMILES string of the molecule is O=[N+]([O-])c1cc(S(=O)(=O)N2CCN(c3ccc4ccccc4n3)CC2)ccc1Cl. The summed E-state index contributed by atoms with van der Waals surface area (Å²) in [6.07, 6.45) is 0. The van der Waals surface area contributed by atoms with Crippen LogP contribution in [-0.4, -0.2) is 48.8 Å². The van der Waals surface area contributed by atoms with E-state index in [4.69, 9.17) is 11.6 Å². The lowest BCUT2D eigenvalue weighted by Crippen LogP contribution is -2.48. The maximum Gasteiger partial charge on any atom is 0.289 e. The van der Waals surface area contributed by atoms with Crippen molar-refractivity contribution in [2.45, 2.75) is 4.90 Å². The minimum absolute atomic E-state index is 0.0962. The molecule has 2 aromatic carbocycles. The monoisotopic (exact) mass is 432 g/mol. The fraction of sp³-hybridized carbons (Fsp3) is 0.211. The topological polar surface area (TPSA) is 96.6 Å². The van der Waals surface area contributed by atoms with Gasteiger partial charge in [-0.3, -0.25) is 10.1 Å². The summed E-state index contributed by atoms with van der Waals surface area (Å²) in [7, 11) is -3.85. The number of pyridine rings is 1. The summed E-state index contributed by atoms with van der Waals surface area (Å²) < 4.78 is 27.2. The molecule has 0 radical (unpaired) electrons. The van der Waals surface area contributed by atoms with E-state index in [9.17, 15) is 18.5 Å². The standard InChI is InChI=1S/C19H17ClN4O4S/c20-16-7-6-15(13-18(16)24(25)26)29(27,28)23-11-9-22(10-12-23)19-8-5-14-3-1-2-4-17(14)21-19/h1-8,13H,9-12H2. The van der Waals surface area contributed by atoms with Gasteiger partial charge in [0.15, 0.2) is 0 Å². The predicted molar refractivity (Wildman–Crippen MR) is 111 cm³/mol. The molecule has 150 valence electrons. The van der Waals surface area contributed by atoms with Gasteiger partial charge in [-0.15, -0.1) is 0 Å². The Hall–Kier alpha value is -2.75. The first-order valence-electron chi connectivity index (χ1n) is 8.91. The summed E-state index contributed by atoms with van der Waals surface area (Å²) in [5.74, 6) is 0.794. The molecule has 4 rings (SSSR count). The number of nitrogens with zero attached hydrogens (tertiary/aromatic N) is 4. The first-order valence-corrected chi connectivity index (χ1v) is 10.7. The third kappa shape index (κ3) is 3.76. The van der Waals surface area contributed by atoms with E-state index >= 15 is 0 Å². The van der Waals surface area contributed by atoms with Gasteiger partial charge in [0.1, 0.15) is 10.8 Å². The van der Waals surface area contributed by atoms with Crippen LogP contribution in [0.25, 0.3) is 10.9 Å². The molecule has 0 atom stereocenters. The maximum absolute atomic E-state index is 12.9. The number of hydrogen-bond acceptors (Lipinski definition) is 6. The van der Waals surface area contributed by atoms with Gasteiger partial charge >= 0.3 is 0 Å². The Morgan fingerprint density at radius 2 is 1.72 bits per heavy atom. The van der Waals surface area contributed by atoms with Gasteiger partial charge in [-0.1, -0.05) is 29.8 Å². The lowest BCUT2D eigenvalue weighted by Gasteiger charge is -2.34. The van der Waals surface area contributed by atoms with E-state index in [1.54, 1.807) is 0 Å². The lowest BCUT2D eigenvalue weighted by molar-refractivity contribution is -0.384. The van der Waals surface area contributed by atoms with Crippen LogP contribution in [0.4, 0.5) is 11.5 Å². The Balaban J connectivity index is 1.52. The minimum atomic E-state index is -3.85. The predicted octanol–water partition coefficient (Wildman–Crippen LogP) is 3.31. The van der Waals surface area contributed by atoms with Crippen LogP contribution in [0.15, 0.2) is 59.5 Å². The number of fused-ring (bicyclic) bond motifs is 1. The Morgan fingerprint density at radius 3 is 2.45 bits per heavy atom. The molecule has 1 aliphatic rings. The first-order chi connectivity index (χ1) is 13.9. The van der Waals surface area contributed by atoms with E-state index in [2.05, 4.69) is 4.98 Å². The average Bonchev–Trinajstić information content (AvgIpc) is 2.73. The number of anilines is 1. The van der Waals surface area contributed by atoms with Gasteiger partial charge in [0.2, 0.25) is 10.0 Å². The summed E-state index contributed by atoms with van der Waals surface area (Å²) >= 11 is 5.79. The molecular weight excluding hydrogens is 416 g/mol. The van der Waals surface area contributed by atoms with Crippen LogP contribution in [0.3, 0.4) is 0 Å². The molecule has 0 N–H and O–H groups in total. The molecule has 0 spiro atoms. The Kier molecular flexibility index (Phi) is 5.12. The van der Waals surface area contributed by atoms with Crippen LogP contribution in [0.2, 0.25) is 5.02 Å². The molecule has 3 aromatic rings. The fourth-order valence-electron chi connectivity index (χ4n) is 3.33. The van der Waals surface area contributed by atoms with E-state index in [1.165, 1.54) is 16.4 Å². The van der Waals surface area contributed by atoms with Crippen molar-refractivity contribution in [3.05, 3.63) is 69.7 Å². The van der Waals surface area contributed by atoms with Crippen molar-refractivity contribution >= 4 is 44.0 Å². The van der Waals surface area contributed by atoms with Crippen molar-refractivity contribution in [3.63, 3.8) is 0 Å². The summed E-state index contributed by atoms with van der Waals surface area (Å²) in [6.45, 7) is 1.46. The van der Waals surface area contributed by atoms with Crippen LogP contribution in [0.5, 0.6) is 0 Å². The van der Waals surface area contributed by atoms with Crippen LogP contribution < -0.4 is 4.90 Å². The number of hydrogen-bond donors (Lipinski definition) is 0. The highest BCUT2D eigenvalue weighted by atomic mass is 35.5. The molecule has 0 unspecified atom stereocenters. The molecule has 1 aromatic heterocycles. The molecule has 2 heterocycles. The van der Waals surface area contributed by atoms with Crippen LogP contribution in [0, 0.1) is 10.1 Å². The Labute approximate surface area is 172 Å². The van der Waals surface area contributed by atoms with Crippen LogP contribution in [0.1, 0.15) is 0 Å². The van der Waals surface area contributed by atoms with Gasteiger partial charge in [-0.25, -0.2) is 13.4 Å². The smallest absolute Gasteiger partial charge is 0.289 e. The molecule has 0 aliphatic carbocycles. The van der Waals surface area contributed by atoms with Crippen molar-refractivity contribution in [1.82, 2.24) is 9.29 Å². The van der Waals surface area contributed by atoms with Crippen LogP contribution in [-0.2, 0) is 10.0 Å². The van der Waals surface area contributed by atoms with Crippen LogP contribution >= 0.6 is 11.6 Å². The molecule has 1 fully saturated rings.